The molecule has 0 aliphatic rings. The molecule has 106 valence electrons. The van der Waals surface area contributed by atoms with Gasteiger partial charge in [0, 0.05) is 10.5 Å². The molecular formula is C12H9BrF2N2O2S. The first-order valence-electron chi connectivity index (χ1n) is 5.32. The van der Waals surface area contributed by atoms with Crippen molar-refractivity contribution in [3.05, 3.63) is 52.5 Å². The smallest absolute Gasteiger partial charge is 0.263 e. The first-order chi connectivity index (χ1) is 9.29. The lowest BCUT2D eigenvalue weighted by atomic mass is 10.3. The van der Waals surface area contributed by atoms with E-state index in [9.17, 15) is 17.2 Å². The molecule has 0 heterocycles. The van der Waals surface area contributed by atoms with Crippen molar-refractivity contribution in [1.29, 1.82) is 0 Å². The van der Waals surface area contributed by atoms with E-state index in [1.165, 1.54) is 18.2 Å². The minimum atomic E-state index is -3.98. The number of nitrogens with one attached hydrogen (secondary N) is 1. The molecule has 0 aliphatic heterocycles. The van der Waals surface area contributed by atoms with Gasteiger partial charge >= 0.3 is 0 Å². The number of benzene rings is 2. The van der Waals surface area contributed by atoms with Gasteiger partial charge in [0.2, 0.25) is 0 Å². The number of hydrogen-bond acceptors (Lipinski definition) is 3. The number of anilines is 2. The van der Waals surface area contributed by atoms with Crippen molar-refractivity contribution in [2.45, 2.75) is 4.90 Å². The van der Waals surface area contributed by atoms with Crippen LogP contribution in [-0.2, 0) is 10.0 Å². The van der Waals surface area contributed by atoms with Crippen LogP contribution < -0.4 is 10.5 Å². The van der Waals surface area contributed by atoms with Gasteiger partial charge in [0.15, 0.2) is 11.6 Å². The van der Waals surface area contributed by atoms with Crippen molar-refractivity contribution >= 4 is 37.3 Å². The van der Waals surface area contributed by atoms with Crippen LogP contribution in [0.2, 0.25) is 0 Å². The van der Waals surface area contributed by atoms with Gasteiger partial charge in [0.25, 0.3) is 10.0 Å². The van der Waals surface area contributed by atoms with Gasteiger partial charge in [-0.1, -0.05) is 15.9 Å². The molecule has 20 heavy (non-hydrogen) atoms. The summed E-state index contributed by atoms with van der Waals surface area (Å²) in [6.45, 7) is 0. The Labute approximate surface area is 122 Å². The zero-order valence-corrected chi connectivity index (χ0v) is 12.3. The summed E-state index contributed by atoms with van der Waals surface area (Å²) < 4.78 is 52.8. The maximum atomic E-state index is 13.0. The highest BCUT2D eigenvalue weighted by atomic mass is 79.9. The molecule has 0 fully saturated rings. The molecule has 0 radical (unpaired) electrons. The van der Waals surface area contributed by atoms with Crippen LogP contribution in [0.1, 0.15) is 0 Å². The number of halogens is 3. The molecule has 0 spiro atoms. The first-order valence-corrected chi connectivity index (χ1v) is 7.60. The second-order valence-corrected chi connectivity index (χ2v) is 6.48. The normalized spacial score (nSPS) is 11.3. The van der Waals surface area contributed by atoms with Crippen molar-refractivity contribution in [3.63, 3.8) is 0 Å². The molecule has 4 nitrogen and oxygen atoms in total. The minimum Gasteiger partial charge on any atom is -0.398 e. The predicted molar refractivity (Wildman–Crippen MR) is 75.7 cm³/mol. The van der Waals surface area contributed by atoms with Crippen LogP contribution in [0.5, 0.6) is 0 Å². The van der Waals surface area contributed by atoms with E-state index >= 15 is 0 Å². The lowest BCUT2D eigenvalue weighted by Gasteiger charge is -2.10. The molecule has 0 atom stereocenters. The van der Waals surface area contributed by atoms with Crippen molar-refractivity contribution < 1.29 is 17.2 Å². The Morgan fingerprint density at radius 2 is 1.75 bits per heavy atom. The molecule has 0 aromatic heterocycles. The second kappa shape index (κ2) is 5.37. The Balaban J connectivity index is 2.38. The zero-order chi connectivity index (χ0) is 14.9. The van der Waals surface area contributed by atoms with Gasteiger partial charge in [-0.25, -0.2) is 17.2 Å². The van der Waals surface area contributed by atoms with E-state index in [-0.39, 0.29) is 16.3 Å². The molecule has 2 aromatic rings. The molecule has 0 aliphatic carbocycles. The fraction of sp³-hybridized carbons (Fsp3) is 0. The molecule has 0 bridgehead atoms. The average Bonchev–Trinajstić information content (AvgIpc) is 2.33. The summed E-state index contributed by atoms with van der Waals surface area (Å²) in [6, 6.07) is 6.95. The zero-order valence-electron chi connectivity index (χ0n) is 9.90. The summed E-state index contributed by atoms with van der Waals surface area (Å²) in [4.78, 5) is -0.148. The first kappa shape index (κ1) is 14.7. The number of sulfonamides is 1. The number of nitrogen functional groups attached to an aromatic ring is 1. The van der Waals surface area contributed by atoms with Crippen LogP contribution in [0.25, 0.3) is 0 Å². The number of rotatable bonds is 3. The molecular weight excluding hydrogens is 354 g/mol. The van der Waals surface area contributed by atoms with Gasteiger partial charge in [-0.3, -0.25) is 4.72 Å². The molecule has 0 amide bonds. The van der Waals surface area contributed by atoms with Gasteiger partial charge < -0.3 is 5.73 Å². The molecule has 0 saturated heterocycles. The molecule has 2 rings (SSSR count). The highest BCUT2D eigenvalue weighted by Gasteiger charge is 2.18. The number of nitrogens with two attached hydrogens (primary N) is 1. The summed E-state index contributed by atoms with van der Waals surface area (Å²) in [5, 5.41) is 0. The number of hydrogen-bond donors (Lipinski definition) is 2. The van der Waals surface area contributed by atoms with E-state index in [0.717, 1.165) is 18.2 Å². The highest BCUT2D eigenvalue weighted by Crippen LogP contribution is 2.25. The van der Waals surface area contributed by atoms with Crippen LogP contribution >= 0.6 is 15.9 Å². The molecule has 0 unspecified atom stereocenters. The van der Waals surface area contributed by atoms with E-state index in [2.05, 4.69) is 20.7 Å². The molecule has 2 aromatic carbocycles. The maximum absolute atomic E-state index is 13.0. The van der Waals surface area contributed by atoms with Gasteiger partial charge in [0.1, 0.15) is 4.90 Å². The molecule has 0 saturated carbocycles. The lowest BCUT2D eigenvalue weighted by molar-refractivity contribution is 0.509. The largest absolute Gasteiger partial charge is 0.398 e. The third-order valence-electron chi connectivity index (χ3n) is 2.43. The second-order valence-electron chi connectivity index (χ2n) is 3.92. The van der Waals surface area contributed by atoms with Gasteiger partial charge in [-0.05, 0) is 30.3 Å². The average molecular weight is 363 g/mol. The quantitative estimate of drug-likeness (QED) is 0.824. The SMILES string of the molecule is Nc1cc(Br)ccc1S(=O)(=O)Nc1ccc(F)c(F)c1. The molecule has 8 heteroatoms. The summed E-state index contributed by atoms with van der Waals surface area (Å²) in [6.07, 6.45) is 0. The van der Waals surface area contributed by atoms with Crippen molar-refractivity contribution in [3.8, 4) is 0 Å². The third kappa shape index (κ3) is 3.07. The van der Waals surface area contributed by atoms with Crippen LogP contribution in [0, 0.1) is 11.6 Å². The third-order valence-corrected chi connectivity index (χ3v) is 4.38. The minimum absolute atomic E-state index is 0.0365. The van der Waals surface area contributed by atoms with Crippen LogP contribution in [0.15, 0.2) is 45.8 Å². The summed E-state index contributed by atoms with van der Waals surface area (Å²) in [7, 11) is -3.98. The van der Waals surface area contributed by atoms with Gasteiger partial charge in [-0.15, -0.1) is 0 Å². The topological polar surface area (TPSA) is 72.2 Å². The monoisotopic (exact) mass is 362 g/mol. The van der Waals surface area contributed by atoms with E-state index in [1.54, 1.807) is 0 Å². The predicted octanol–water partition coefficient (Wildman–Crippen LogP) is 3.11. The summed E-state index contributed by atoms with van der Waals surface area (Å²) >= 11 is 3.16. The fourth-order valence-corrected chi connectivity index (χ4v) is 3.08. The van der Waals surface area contributed by atoms with Gasteiger partial charge in [0.05, 0.1) is 11.4 Å². The van der Waals surface area contributed by atoms with Crippen molar-refractivity contribution in [1.82, 2.24) is 0 Å². The summed E-state index contributed by atoms with van der Waals surface area (Å²) in [5.74, 6) is -2.20. The van der Waals surface area contributed by atoms with E-state index in [1.807, 2.05) is 0 Å². The van der Waals surface area contributed by atoms with Crippen LogP contribution in [-0.4, -0.2) is 8.42 Å². The maximum Gasteiger partial charge on any atom is 0.263 e. The van der Waals surface area contributed by atoms with E-state index in [4.69, 9.17) is 5.73 Å². The lowest BCUT2D eigenvalue weighted by Crippen LogP contribution is -2.15. The summed E-state index contributed by atoms with van der Waals surface area (Å²) in [5.41, 5.74) is 5.58. The van der Waals surface area contributed by atoms with Crippen molar-refractivity contribution in [2.75, 3.05) is 10.5 Å². The van der Waals surface area contributed by atoms with Crippen molar-refractivity contribution in [2.24, 2.45) is 0 Å². The Morgan fingerprint density at radius 3 is 2.35 bits per heavy atom. The molecule has 3 N–H and O–H groups in total. The van der Waals surface area contributed by atoms with E-state index < -0.39 is 21.7 Å². The Bertz CT molecular complexity index is 766. The standard InChI is InChI=1S/C12H9BrF2N2O2S/c13-7-1-4-12(11(16)5-7)20(18,19)17-8-2-3-9(14)10(15)6-8/h1-6,17H,16H2. The Hall–Kier alpha value is -1.67. The van der Waals surface area contributed by atoms with E-state index in [0.29, 0.717) is 4.47 Å². The highest BCUT2D eigenvalue weighted by molar-refractivity contribution is 9.10. The fourth-order valence-electron chi connectivity index (χ4n) is 1.53. The Morgan fingerprint density at radius 1 is 1.05 bits per heavy atom. The Kier molecular flexibility index (Phi) is 3.96. The van der Waals surface area contributed by atoms with Crippen LogP contribution in [0.3, 0.4) is 0 Å². The van der Waals surface area contributed by atoms with Gasteiger partial charge in [-0.2, -0.15) is 0 Å². The van der Waals surface area contributed by atoms with Crippen LogP contribution in [0.4, 0.5) is 20.2 Å².